The quantitative estimate of drug-likeness (QED) is 0.443. The molecule has 4 atom stereocenters. The van der Waals surface area contributed by atoms with Crippen molar-refractivity contribution in [2.45, 2.75) is 40.2 Å². The van der Waals surface area contributed by atoms with Crippen LogP contribution in [0.5, 0.6) is 23.0 Å². The lowest BCUT2D eigenvalue weighted by atomic mass is 9.64. The first kappa shape index (κ1) is 32.6. The van der Waals surface area contributed by atoms with Gasteiger partial charge in [0.2, 0.25) is 24.3 Å². The van der Waals surface area contributed by atoms with E-state index in [1.807, 2.05) is 22.6 Å². The van der Waals surface area contributed by atoms with Crippen molar-refractivity contribution in [3.05, 3.63) is 42.5 Å². The van der Waals surface area contributed by atoms with Gasteiger partial charge in [-0.25, -0.2) is 0 Å². The van der Waals surface area contributed by atoms with Crippen LogP contribution >= 0.6 is 45.2 Å². The second-order valence-electron chi connectivity index (χ2n) is 12.5. The van der Waals surface area contributed by atoms with Gasteiger partial charge in [-0.2, -0.15) is 0 Å². The van der Waals surface area contributed by atoms with Crippen molar-refractivity contribution in [3.63, 3.8) is 0 Å². The second kappa shape index (κ2) is 12.0. The molecule has 4 heterocycles. The van der Waals surface area contributed by atoms with Crippen molar-refractivity contribution in [2.75, 3.05) is 39.4 Å². The molecule has 15 heteroatoms. The van der Waals surface area contributed by atoms with Crippen LogP contribution < -0.4 is 29.6 Å². The summed E-state index contributed by atoms with van der Waals surface area (Å²) in [6, 6.07) is 6.68. The van der Waals surface area contributed by atoms with E-state index < -0.39 is 23.3 Å². The summed E-state index contributed by atoms with van der Waals surface area (Å²) >= 11 is 4.12. The van der Waals surface area contributed by atoms with E-state index in [-0.39, 0.29) is 68.8 Å². The highest BCUT2D eigenvalue weighted by Crippen LogP contribution is 2.45. The summed E-state index contributed by atoms with van der Waals surface area (Å²) in [5.74, 6) is 0.605. The number of hydrogen-bond donors (Lipinski definition) is 2. The molecular weight excluding hydrogens is 826 g/mol. The number of carbonyl (C=O) groups is 5. The number of likely N-dealkylation sites (tertiary alicyclic amines) is 2. The number of halogens is 2. The van der Waals surface area contributed by atoms with Crippen LogP contribution in [-0.4, -0.2) is 91.1 Å². The number of nitrogens with one attached hydrogen (secondary N) is 2. The number of piperidine rings is 2. The highest BCUT2D eigenvalue weighted by atomic mass is 127. The number of Topliss-reactive ketones (excluding diaryl/α,β-unsaturated/α-hetero) is 1. The molecule has 4 aliphatic rings. The lowest BCUT2D eigenvalue weighted by Gasteiger charge is -2.55. The van der Waals surface area contributed by atoms with E-state index in [1.54, 1.807) is 47.9 Å². The topological polar surface area (TPSA) is 153 Å². The first-order valence-electron chi connectivity index (χ1n) is 14.6. The van der Waals surface area contributed by atoms with Gasteiger partial charge in [-0.1, -0.05) is 0 Å². The highest BCUT2D eigenvalue weighted by Gasteiger charge is 2.57. The first-order valence-corrected chi connectivity index (χ1v) is 16.8. The fraction of sp³-hybridized carbons (Fsp3) is 0.452. The number of ether oxygens (including phenoxy) is 4. The maximum atomic E-state index is 14.0. The highest BCUT2D eigenvalue weighted by molar-refractivity contribution is 14.1. The van der Waals surface area contributed by atoms with Gasteiger partial charge in [-0.15, -0.1) is 0 Å². The number of fused-ring (bicyclic) bond motifs is 4. The van der Waals surface area contributed by atoms with Gasteiger partial charge >= 0.3 is 0 Å². The number of benzene rings is 2. The summed E-state index contributed by atoms with van der Waals surface area (Å²) in [4.78, 5) is 68.3. The van der Waals surface area contributed by atoms with Crippen molar-refractivity contribution in [2.24, 2.45) is 10.8 Å². The molecule has 4 aliphatic heterocycles. The largest absolute Gasteiger partial charge is 0.484 e. The normalized spacial score (nSPS) is 26.3. The van der Waals surface area contributed by atoms with E-state index in [4.69, 9.17) is 18.9 Å². The van der Waals surface area contributed by atoms with Crippen LogP contribution in [0.2, 0.25) is 0 Å². The average molecular weight is 858 g/mol. The zero-order valence-electron chi connectivity index (χ0n) is 25.5. The molecule has 6 rings (SSSR count). The molecule has 2 bridgehead atoms. The van der Waals surface area contributed by atoms with Crippen LogP contribution in [0.4, 0.5) is 0 Å². The van der Waals surface area contributed by atoms with Gasteiger partial charge in [0.1, 0.15) is 13.2 Å². The number of ketones is 1. The molecule has 2 aromatic rings. The molecule has 0 radical (unpaired) electrons. The fourth-order valence-electron chi connectivity index (χ4n) is 6.66. The summed E-state index contributed by atoms with van der Waals surface area (Å²) in [6.45, 7) is 7.14. The van der Waals surface area contributed by atoms with Crippen molar-refractivity contribution in [1.82, 2.24) is 20.4 Å². The van der Waals surface area contributed by atoms with Crippen LogP contribution in [0, 0.1) is 18.0 Å². The Bertz CT molecular complexity index is 1630. The van der Waals surface area contributed by atoms with Crippen molar-refractivity contribution in [1.29, 1.82) is 0 Å². The van der Waals surface area contributed by atoms with Gasteiger partial charge in [-0.05, 0) is 83.3 Å². The number of hydrogen-bond acceptors (Lipinski definition) is 9. The van der Waals surface area contributed by atoms with Gasteiger partial charge in [0.15, 0.2) is 28.8 Å². The van der Waals surface area contributed by atoms with Gasteiger partial charge < -0.3 is 39.4 Å². The second-order valence-corrected chi connectivity index (χ2v) is 14.8. The molecular formula is C31H32I2N4O9. The molecule has 0 saturated carbocycles. The summed E-state index contributed by atoms with van der Waals surface area (Å²) in [7, 11) is 0. The SMILES string of the molecule is CC(=O)NC1COc2cc(I)c(C(=O)N3CC4(C)CN(C(=O)c5ccc6c(c5I)OC(NC(C)=O)CO6)CC(C)(C3)C4=O)cc2O1. The van der Waals surface area contributed by atoms with Crippen LogP contribution in [0.25, 0.3) is 0 Å². The smallest absolute Gasteiger partial charge is 0.255 e. The van der Waals surface area contributed by atoms with Gasteiger partial charge in [0.25, 0.3) is 11.8 Å². The van der Waals surface area contributed by atoms with Crippen molar-refractivity contribution >= 4 is 74.6 Å². The third-order valence-corrected chi connectivity index (χ3v) is 10.4. The minimum Gasteiger partial charge on any atom is -0.484 e. The Morgan fingerprint density at radius 1 is 0.761 bits per heavy atom. The molecule has 4 unspecified atom stereocenters. The zero-order chi connectivity index (χ0) is 33.1. The summed E-state index contributed by atoms with van der Waals surface area (Å²) in [5, 5.41) is 5.33. The predicted octanol–water partition coefficient (Wildman–Crippen LogP) is 2.56. The Balaban J connectivity index is 1.22. The molecule has 2 N–H and O–H groups in total. The first-order chi connectivity index (χ1) is 21.7. The maximum Gasteiger partial charge on any atom is 0.255 e. The average Bonchev–Trinajstić information content (AvgIpc) is 2.97. The van der Waals surface area contributed by atoms with E-state index in [2.05, 4.69) is 33.2 Å². The summed E-state index contributed by atoms with van der Waals surface area (Å²) in [6.07, 6.45) is -1.37. The number of rotatable bonds is 4. The maximum absolute atomic E-state index is 14.0. The molecule has 4 amide bonds. The minimum atomic E-state index is -1.01. The Morgan fingerprint density at radius 2 is 1.28 bits per heavy atom. The molecule has 0 spiro atoms. The van der Waals surface area contributed by atoms with Gasteiger partial charge in [0.05, 0.1) is 25.5 Å². The number of nitrogens with zero attached hydrogens (tertiary/aromatic N) is 2. The number of amides is 4. The summed E-state index contributed by atoms with van der Waals surface area (Å²) in [5.41, 5.74) is -1.24. The molecule has 46 heavy (non-hydrogen) atoms. The van der Waals surface area contributed by atoms with E-state index >= 15 is 0 Å². The third-order valence-electron chi connectivity index (χ3n) is 8.42. The Kier molecular flexibility index (Phi) is 8.52. The molecule has 13 nitrogen and oxygen atoms in total. The lowest BCUT2D eigenvalue weighted by Crippen LogP contribution is -2.69. The Labute approximate surface area is 292 Å². The molecule has 0 aromatic heterocycles. The third kappa shape index (κ3) is 5.95. The Morgan fingerprint density at radius 3 is 1.85 bits per heavy atom. The van der Waals surface area contributed by atoms with Crippen LogP contribution in [0.1, 0.15) is 48.4 Å². The van der Waals surface area contributed by atoms with Crippen molar-refractivity contribution in [3.8, 4) is 23.0 Å². The van der Waals surface area contributed by atoms with E-state index in [9.17, 15) is 24.0 Å². The summed E-state index contributed by atoms with van der Waals surface area (Å²) < 4.78 is 24.6. The fourth-order valence-corrected chi connectivity index (χ4v) is 8.13. The molecule has 2 saturated heterocycles. The van der Waals surface area contributed by atoms with E-state index in [0.29, 0.717) is 41.3 Å². The minimum absolute atomic E-state index is 0.0122. The van der Waals surface area contributed by atoms with Gasteiger partial charge in [0, 0.05) is 43.6 Å². The van der Waals surface area contributed by atoms with E-state index in [1.165, 1.54) is 13.8 Å². The lowest BCUT2D eigenvalue weighted by molar-refractivity contribution is -0.153. The standard InChI is InChI=1S/C31H32I2N4O9/c1-15(38)34-23-9-44-21-8-19(32)18(7-22(21)45-23)28(41)37-13-30(3)11-36(12-31(4,14-37)29(30)42)27(40)17-5-6-20-26(25(17)33)46-24(10-43-20)35-16(2)39/h5-8,23-24H,9-14H2,1-4H3,(H,34,38)(H,35,39). The zero-order valence-corrected chi connectivity index (χ0v) is 29.8. The Hall–Kier alpha value is -3.35. The van der Waals surface area contributed by atoms with Crippen LogP contribution in [0.15, 0.2) is 24.3 Å². The molecule has 2 aromatic carbocycles. The van der Waals surface area contributed by atoms with Crippen molar-refractivity contribution < 1.29 is 42.9 Å². The van der Waals surface area contributed by atoms with Crippen LogP contribution in [0.3, 0.4) is 0 Å². The molecule has 0 aliphatic carbocycles. The monoisotopic (exact) mass is 858 g/mol. The van der Waals surface area contributed by atoms with Gasteiger partial charge in [-0.3, -0.25) is 24.0 Å². The predicted molar refractivity (Wildman–Crippen MR) is 179 cm³/mol. The molecule has 244 valence electrons. The molecule has 2 fully saturated rings. The number of carbonyl (C=O) groups excluding carboxylic acids is 5. The van der Waals surface area contributed by atoms with Crippen LogP contribution in [-0.2, 0) is 14.4 Å². The van der Waals surface area contributed by atoms with E-state index in [0.717, 1.165) is 0 Å².